The minimum atomic E-state index is -4.79. The number of hydrogen-bond acceptors (Lipinski definition) is 7. The molecule has 298 valence electrons. The molecule has 0 saturated heterocycles. The monoisotopic (exact) mass is 758 g/mol. The average molecular weight is 759 g/mol. The van der Waals surface area contributed by atoms with Gasteiger partial charge in [-0.3, -0.25) is 14.1 Å². The SMILES string of the molecule is CC/C=C\C/C=C\C/C=C\C/C=C\C/C=C\CCCC(=O)OC[C@H](COP(=O)(O)O)OC(=O)CCC/C=C\C/C=C\C/C=C\C/C=C\CCCCCO. The van der Waals surface area contributed by atoms with Crippen molar-refractivity contribution in [3.63, 3.8) is 0 Å². The lowest BCUT2D eigenvalue weighted by atomic mass is 10.2. The number of phosphoric ester groups is 1. The van der Waals surface area contributed by atoms with Crippen molar-refractivity contribution in [1.82, 2.24) is 0 Å². The van der Waals surface area contributed by atoms with E-state index in [-0.39, 0.29) is 26.1 Å². The van der Waals surface area contributed by atoms with Crippen molar-refractivity contribution in [1.29, 1.82) is 0 Å². The summed E-state index contributed by atoms with van der Waals surface area (Å²) in [6.45, 7) is 1.46. The van der Waals surface area contributed by atoms with Crippen LogP contribution in [0.15, 0.2) is 109 Å². The highest BCUT2D eigenvalue weighted by Crippen LogP contribution is 2.35. The minimum absolute atomic E-state index is 0.107. The summed E-state index contributed by atoms with van der Waals surface area (Å²) in [5.74, 6) is -1.05. The molecule has 0 amide bonds. The van der Waals surface area contributed by atoms with Gasteiger partial charge in [0.15, 0.2) is 6.10 Å². The number of carbonyl (C=O) groups is 2. The summed E-state index contributed by atoms with van der Waals surface area (Å²) in [5, 5.41) is 8.77. The van der Waals surface area contributed by atoms with Crippen LogP contribution in [-0.4, -0.2) is 52.8 Å². The maximum Gasteiger partial charge on any atom is 0.469 e. The molecule has 0 rings (SSSR count). The van der Waals surface area contributed by atoms with E-state index >= 15 is 0 Å². The summed E-state index contributed by atoms with van der Waals surface area (Å²) in [6, 6.07) is 0. The Hall–Kier alpha value is -3.33. The zero-order valence-electron chi connectivity index (χ0n) is 32.1. The lowest BCUT2D eigenvalue weighted by Crippen LogP contribution is -2.29. The van der Waals surface area contributed by atoms with Crippen LogP contribution in [0.4, 0.5) is 0 Å². The second kappa shape index (κ2) is 38.4. The fourth-order valence-electron chi connectivity index (χ4n) is 4.50. The molecule has 0 heterocycles. The molecule has 53 heavy (non-hydrogen) atoms. The molecule has 0 aliphatic heterocycles. The van der Waals surface area contributed by atoms with Crippen molar-refractivity contribution in [2.45, 2.75) is 129 Å². The zero-order valence-corrected chi connectivity index (χ0v) is 33.0. The Morgan fingerprint density at radius 1 is 0.528 bits per heavy atom. The third kappa shape index (κ3) is 41.3. The first kappa shape index (κ1) is 49.7. The van der Waals surface area contributed by atoms with Crippen LogP contribution in [0.1, 0.15) is 122 Å². The van der Waals surface area contributed by atoms with Gasteiger partial charge in [-0.1, -0.05) is 123 Å². The van der Waals surface area contributed by atoms with Crippen molar-refractivity contribution in [3.8, 4) is 0 Å². The molecule has 0 aliphatic carbocycles. The molecule has 0 radical (unpaired) electrons. The number of hydrogen-bond donors (Lipinski definition) is 3. The van der Waals surface area contributed by atoms with Crippen molar-refractivity contribution >= 4 is 19.8 Å². The van der Waals surface area contributed by atoms with E-state index in [1.165, 1.54) is 0 Å². The summed E-state index contributed by atoms with van der Waals surface area (Å²) in [4.78, 5) is 42.7. The van der Waals surface area contributed by atoms with Gasteiger partial charge < -0.3 is 24.4 Å². The van der Waals surface area contributed by atoms with E-state index in [0.717, 1.165) is 77.0 Å². The molecule has 0 saturated carbocycles. The van der Waals surface area contributed by atoms with Crippen LogP contribution >= 0.6 is 7.82 Å². The molecule has 0 bridgehead atoms. The first-order valence-corrected chi connectivity index (χ1v) is 20.8. The fourth-order valence-corrected chi connectivity index (χ4v) is 4.86. The number of aliphatic hydroxyl groups excluding tert-OH is 1. The smallest absolute Gasteiger partial charge is 0.462 e. The highest BCUT2D eigenvalue weighted by Gasteiger charge is 2.22. The molecule has 0 fully saturated rings. The van der Waals surface area contributed by atoms with Gasteiger partial charge >= 0.3 is 19.8 Å². The summed E-state index contributed by atoms with van der Waals surface area (Å²) in [7, 11) is -4.79. The Kier molecular flexibility index (Phi) is 36.0. The van der Waals surface area contributed by atoms with Gasteiger partial charge in [0.2, 0.25) is 0 Å². The molecule has 0 aromatic rings. The lowest BCUT2D eigenvalue weighted by molar-refractivity contribution is -0.161. The van der Waals surface area contributed by atoms with E-state index in [2.05, 4.69) is 96.5 Å². The van der Waals surface area contributed by atoms with E-state index in [9.17, 15) is 14.2 Å². The van der Waals surface area contributed by atoms with Gasteiger partial charge in [-0.2, -0.15) is 0 Å². The van der Waals surface area contributed by atoms with Gasteiger partial charge in [0.05, 0.1) is 6.61 Å². The minimum Gasteiger partial charge on any atom is -0.462 e. The van der Waals surface area contributed by atoms with Crippen molar-refractivity contribution in [2.24, 2.45) is 0 Å². The molecule has 0 aliphatic rings. The number of carbonyl (C=O) groups excluding carboxylic acids is 2. The van der Waals surface area contributed by atoms with Gasteiger partial charge in [-0.25, -0.2) is 4.57 Å². The molecule has 0 spiro atoms. The van der Waals surface area contributed by atoms with E-state index in [1.54, 1.807) is 0 Å². The third-order valence-electron chi connectivity index (χ3n) is 7.33. The summed E-state index contributed by atoms with van der Waals surface area (Å²) in [6.07, 6.45) is 51.2. The fraction of sp³-hybridized carbons (Fsp3) is 0.535. The molecular formula is C43H67O9P. The van der Waals surface area contributed by atoms with Crippen LogP contribution in [0.25, 0.3) is 0 Å². The molecular weight excluding hydrogens is 691 g/mol. The van der Waals surface area contributed by atoms with Crippen LogP contribution in [0, 0.1) is 0 Å². The van der Waals surface area contributed by atoms with Gasteiger partial charge in [0.25, 0.3) is 0 Å². The molecule has 3 N–H and O–H groups in total. The quantitative estimate of drug-likeness (QED) is 0.0253. The molecule has 0 unspecified atom stereocenters. The lowest BCUT2D eigenvalue weighted by Gasteiger charge is -2.18. The van der Waals surface area contributed by atoms with Crippen molar-refractivity contribution in [2.75, 3.05) is 19.8 Å². The van der Waals surface area contributed by atoms with Crippen molar-refractivity contribution in [3.05, 3.63) is 109 Å². The van der Waals surface area contributed by atoms with Crippen molar-refractivity contribution < 1.29 is 43.0 Å². The number of rotatable bonds is 34. The Balaban J connectivity index is 4.18. The number of aliphatic hydroxyl groups is 1. The summed E-state index contributed by atoms with van der Waals surface area (Å²) < 4.78 is 26.2. The van der Waals surface area contributed by atoms with Gasteiger partial charge in [0, 0.05) is 19.4 Å². The Bertz CT molecular complexity index is 1220. The standard InChI is InChI=1S/C43H67O9P/c1-2-3-4-5-6-7-8-9-10-12-15-18-21-24-27-30-33-36-42(45)50-39-41(40-51-53(47,48)49)52-43(46)37-34-31-28-25-22-19-16-13-11-14-17-20-23-26-29-32-35-38-44/h3-4,6-7,9-11,14-16,18-20,23-25,27-28,41,44H,2,5,8,12-13,17,21-22,26,29-40H2,1H3,(H2,47,48,49)/b4-3-,7-6-,10-9-,14-11-,18-15-,19-16-,23-20-,27-24-,28-25-/t41-/m1/s1. The number of esters is 2. The number of phosphoric acid groups is 1. The maximum absolute atomic E-state index is 12.4. The van der Waals surface area contributed by atoms with Crippen LogP contribution in [0.2, 0.25) is 0 Å². The largest absolute Gasteiger partial charge is 0.469 e. The van der Waals surface area contributed by atoms with E-state index in [4.69, 9.17) is 24.4 Å². The molecule has 1 atom stereocenters. The highest BCUT2D eigenvalue weighted by molar-refractivity contribution is 7.46. The number of ether oxygens (including phenoxy) is 2. The Labute approximate surface area is 319 Å². The van der Waals surface area contributed by atoms with Crippen LogP contribution in [0.3, 0.4) is 0 Å². The third-order valence-corrected chi connectivity index (χ3v) is 7.82. The van der Waals surface area contributed by atoms with Gasteiger partial charge in [-0.15, -0.1) is 0 Å². The first-order valence-electron chi connectivity index (χ1n) is 19.3. The molecule has 0 aromatic heterocycles. The normalized spacial score (nSPS) is 13.7. The highest BCUT2D eigenvalue weighted by atomic mass is 31.2. The zero-order chi connectivity index (χ0) is 38.9. The second-order valence-electron chi connectivity index (χ2n) is 12.2. The van der Waals surface area contributed by atoms with Gasteiger partial charge in [0.1, 0.15) is 6.61 Å². The van der Waals surface area contributed by atoms with Gasteiger partial charge in [-0.05, 0) is 96.3 Å². The first-order chi connectivity index (χ1) is 25.8. The van der Waals surface area contributed by atoms with E-state index < -0.39 is 32.5 Å². The predicted molar refractivity (Wildman–Crippen MR) is 217 cm³/mol. The Morgan fingerprint density at radius 3 is 1.34 bits per heavy atom. The second-order valence-corrected chi connectivity index (χ2v) is 13.5. The number of allylic oxidation sites excluding steroid dienone is 18. The van der Waals surface area contributed by atoms with Crippen LogP contribution < -0.4 is 0 Å². The molecule has 10 heteroatoms. The summed E-state index contributed by atoms with van der Waals surface area (Å²) in [5.41, 5.74) is 0. The molecule has 0 aromatic carbocycles. The van der Waals surface area contributed by atoms with Crippen LogP contribution in [-0.2, 0) is 28.2 Å². The molecule has 9 nitrogen and oxygen atoms in total. The number of unbranched alkanes of at least 4 members (excludes halogenated alkanes) is 5. The summed E-state index contributed by atoms with van der Waals surface area (Å²) >= 11 is 0. The maximum atomic E-state index is 12.4. The van der Waals surface area contributed by atoms with Crippen LogP contribution in [0.5, 0.6) is 0 Å². The average Bonchev–Trinajstić information content (AvgIpc) is 3.13. The Morgan fingerprint density at radius 2 is 0.925 bits per heavy atom. The van der Waals surface area contributed by atoms with E-state index in [1.807, 2.05) is 24.3 Å². The topological polar surface area (TPSA) is 140 Å². The van der Waals surface area contributed by atoms with E-state index in [0.29, 0.717) is 25.7 Å². The predicted octanol–water partition coefficient (Wildman–Crippen LogP) is 10.6.